The molecule has 2 aromatic rings. The first-order chi connectivity index (χ1) is 14.7. The number of nitrogens with two attached hydrogens (primary N) is 1. The molecule has 7 rings (SSSR count). The smallest absolute Gasteiger partial charge is 0.397 e. The van der Waals surface area contributed by atoms with Crippen molar-refractivity contribution < 1.29 is 18.0 Å². The molecule has 0 aliphatic heterocycles. The van der Waals surface area contributed by atoms with E-state index in [2.05, 4.69) is 4.98 Å². The lowest BCUT2D eigenvalue weighted by Crippen LogP contribution is -2.49. The summed E-state index contributed by atoms with van der Waals surface area (Å²) < 4.78 is 42.8. The minimum Gasteiger partial charge on any atom is -0.397 e. The lowest BCUT2D eigenvalue weighted by atomic mass is 9.48. The third-order valence-corrected chi connectivity index (χ3v) is 9.51. The molecule has 0 atom stereocenters. The van der Waals surface area contributed by atoms with E-state index in [4.69, 9.17) is 5.73 Å². The number of pyridine rings is 1. The van der Waals surface area contributed by atoms with E-state index in [9.17, 15) is 18.0 Å². The van der Waals surface area contributed by atoms with E-state index in [0.29, 0.717) is 51.6 Å². The molecule has 7 heteroatoms. The number of aromatic nitrogens is 1. The summed E-state index contributed by atoms with van der Waals surface area (Å²) in [5, 5.41) is -0.0220. The number of carbonyl (C=O) groups excluding carboxylic acids is 1. The maximum Gasteiger partial charge on any atom is 0.417 e. The van der Waals surface area contributed by atoms with Crippen molar-refractivity contribution in [1.82, 2.24) is 4.98 Å². The molecular formula is C24H27F3N2OS. The fourth-order valence-electron chi connectivity index (χ4n) is 7.60. The highest BCUT2D eigenvalue weighted by molar-refractivity contribution is 7.21. The Labute approximate surface area is 183 Å². The Morgan fingerprint density at radius 1 is 1.00 bits per heavy atom. The van der Waals surface area contributed by atoms with E-state index in [1.807, 2.05) is 0 Å². The van der Waals surface area contributed by atoms with Crippen LogP contribution in [0.25, 0.3) is 10.2 Å². The molecule has 2 N–H and O–H groups in total. The van der Waals surface area contributed by atoms with Gasteiger partial charge in [-0.25, -0.2) is 4.98 Å². The highest BCUT2D eigenvalue weighted by atomic mass is 32.1. The maximum atomic E-state index is 14.3. The van der Waals surface area contributed by atoms with E-state index in [1.54, 1.807) is 0 Å². The molecule has 0 aromatic carbocycles. The average Bonchev–Trinajstić information content (AvgIpc) is 2.85. The first-order valence-electron chi connectivity index (χ1n) is 11.6. The van der Waals surface area contributed by atoms with Gasteiger partial charge in [0.25, 0.3) is 0 Å². The second-order valence-electron chi connectivity index (χ2n) is 10.5. The normalized spacial score (nSPS) is 32.3. The molecule has 4 fully saturated rings. The lowest BCUT2D eigenvalue weighted by molar-refractivity contribution is -0.136. The molecule has 5 aliphatic carbocycles. The number of fused-ring (bicyclic) bond motifs is 2. The van der Waals surface area contributed by atoms with E-state index >= 15 is 0 Å². The molecule has 31 heavy (non-hydrogen) atoms. The number of Topliss-reactive ketones (excluding diaryl/α,β-unsaturated/α-hetero) is 1. The second kappa shape index (κ2) is 6.69. The van der Waals surface area contributed by atoms with Crippen LogP contribution < -0.4 is 5.73 Å². The van der Waals surface area contributed by atoms with E-state index in [0.717, 1.165) is 49.9 Å². The van der Waals surface area contributed by atoms with Crippen LogP contribution in [-0.4, -0.2) is 10.8 Å². The molecule has 4 saturated carbocycles. The first-order valence-corrected chi connectivity index (χ1v) is 12.4. The van der Waals surface area contributed by atoms with E-state index < -0.39 is 17.2 Å². The van der Waals surface area contributed by atoms with Crippen molar-refractivity contribution in [3.05, 3.63) is 21.7 Å². The SMILES string of the molecule is Nc1c(C(=O)C23CC4CC(CC(C4)C2)C3)sc2nc3c(c(C(F)(F)F)c12)CCCCC3. The number of nitrogens with zero attached hydrogens (tertiary/aromatic N) is 1. The number of alkyl halides is 3. The van der Waals surface area contributed by atoms with Gasteiger partial charge in [-0.2, -0.15) is 13.2 Å². The van der Waals surface area contributed by atoms with Crippen molar-refractivity contribution >= 4 is 33.0 Å². The Kier molecular flexibility index (Phi) is 4.32. The van der Waals surface area contributed by atoms with Gasteiger partial charge in [-0.3, -0.25) is 4.79 Å². The molecule has 0 saturated heterocycles. The fourth-order valence-corrected chi connectivity index (χ4v) is 8.78. The number of rotatable bonds is 2. The molecule has 2 aromatic heterocycles. The Hall–Kier alpha value is -1.63. The summed E-state index contributed by atoms with van der Waals surface area (Å²) in [6.07, 6.45) is 5.17. The molecule has 0 unspecified atom stereocenters. The van der Waals surface area contributed by atoms with E-state index in [-0.39, 0.29) is 16.9 Å². The zero-order valence-corrected chi connectivity index (χ0v) is 18.3. The molecular weight excluding hydrogens is 421 g/mol. The van der Waals surface area contributed by atoms with Crippen molar-refractivity contribution in [2.45, 2.75) is 76.8 Å². The molecule has 4 bridgehead atoms. The summed E-state index contributed by atoms with van der Waals surface area (Å²) in [7, 11) is 0. The highest BCUT2D eigenvalue weighted by Crippen LogP contribution is 2.62. The van der Waals surface area contributed by atoms with Crippen LogP contribution in [0.15, 0.2) is 0 Å². The monoisotopic (exact) mass is 448 g/mol. The average molecular weight is 449 g/mol. The third-order valence-electron chi connectivity index (χ3n) is 8.41. The van der Waals surface area contributed by atoms with Gasteiger partial charge in [0.2, 0.25) is 0 Å². The van der Waals surface area contributed by atoms with Crippen molar-refractivity contribution in [2.24, 2.45) is 23.2 Å². The largest absolute Gasteiger partial charge is 0.417 e. The summed E-state index contributed by atoms with van der Waals surface area (Å²) in [6.45, 7) is 0. The Bertz CT molecular complexity index is 1050. The minimum absolute atomic E-state index is 0.00424. The highest BCUT2D eigenvalue weighted by Gasteiger charge is 2.55. The van der Waals surface area contributed by atoms with Crippen molar-refractivity contribution in [3.63, 3.8) is 0 Å². The molecule has 0 amide bonds. The zero-order chi connectivity index (χ0) is 21.5. The van der Waals surface area contributed by atoms with Gasteiger partial charge in [-0.05, 0) is 87.5 Å². The lowest BCUT2D eigenvalue weighted by Gasteiger charge is -2.55. The minimum atomic E-state index is -4.51. The summed E-state index contributed by atoms with van der Waals surface area (Å²) in [6, 6.07) is 0. The number of halogens is 3. The number of anilines is 1. The first kappa shape index (κ1) is 20.0. The van der Waals surface area contributed by atoms with Gasteiger partial charge in [0.15, 0.2) is 5.78 Å². The van der Waals surface area contributed by atoms with Gasteiger partial charge in [0.1, 0.15) is 4.83 Å². The van der Waals surface area contributed by atoms with Gasteiger partial charge < -0.3 is 5.73 Å². The summed E-state index contributed by atoms with van der Waals surface area (Å²) in [4.78, 5) is 19.1. The summed E-state index contributed by atoms with van der Waals surface area (Å²) in [5.41, 5.74) is 6.20. The molecule has 3 nitrogen and oxygen atoms in total. The predicted octanol–water partition coefficient (Wildman–Crippen LogP) is 6.57. The summed E-state index contributed by atoms with van der Waals surface area (Å²) in [5.74, 6) is 1.76. The van der Waals surface area contributed by atoms with Crippen LogP contribution in [0, 0.1) is 23.2 Å². The topological polar surface area (TPSA) is 56.0 Å². The number of thiophene rings is 1. The number of ketones is 1. The van der Waals surface area contributed by atoms with Gasteiger partial charge in [0, 0.05) is 16.5 Å². The molecule has 0 spiro atoms. The number of carbonyl (C=O) groups is 1. The van der Waals surface area contributed by atoms with Crippen molar-refractivity contribution in [1.29, 1.82) is 0 Å². The Morgan fingerprint density at radius 3 is 2.23 bits per heavy atom. The van der Waals surface area contributed by atoms with Crippen molar-refractivity contribution in [3.8, 4) is 0 Å². The fraction of sp³-hybridized carbons (Fsp3) is 0.667. The van der Waals surface area contributed by atoms with Crippen LogP contribution in [0.4, 0.5) is 18.9 Å². The van der Waals surface area contributed by atoms with Gasteiger partial charge in [0.05, 0.1) is 16.1 Å². The Balaban J connectivity index is 1.51. The van der Waals surface area contributed by atoms with Crippen LogP contribution in [0.1, 0.15) is 84.3 Å². The molecule has 166 valence electrons. The van der Waals surface area contributed by atoms with E-state index in [1.165, 1.54) is 19.3 Å². The van der Waals surface area contributed by atoms with Crippen LogP contribution in [0.3, 0.4) is 0 Å². The van der Waals surface area contributed by atoms with Gasteiger partial charge in [-0.15, -0.1) is 11.3 Å². The van der Waals surface area contributed by atoms with Crippen LogP contribution in [0.5, 0.6) is 0 Å². The van der Waals surface area contributed by atoms with Crippen LogP contribution >= 0.6 is 11.3 Å². The molecule has 0 radical (unpaired) electrons. The number of hydrogen-bond donors (Lipinski definition) is 1. The van der Waals surface area contributed by atoms with Crippen LogP contribution in [-0.2, 0) is 19.0 Å². The van der Waals surface area contributed by atoms with Crippen molar-refractivity contribution in [2.75, 3.05) is 5.73 Å². The predicted molar refractivity (Wildman–Crippen MR) is 115 cm³/mol. The number of hydrogen-bond acceptors (Lipinski definition) is 4. The second-order valence-corrected chi connectivity index (χ2v) is 11.5. The maximum absolute atomic E-state index is 14.3. The molecule has 2 heterocycles. The number of nitrogen functional groups attached to an aromatic ring is 1. The van der Waals surface area contributed by atoms with Gasteiger partial charge in [-0.1, -0.05) is 6.42 Å². The molecule has 5 aliphatic rings. The quantitative estimate of drug-likeness (QED) is 0.418. The Morgan fingerprint density at radius 2 is 1.61 bits per heavy atom. The number of aryl methyl sites for hydroxylation is 1. The standard InChI is InChI=1S/C24H27F3N2OS/c25-24(26,27)18-15-4-2-1-3-5-16(15)29-22-17(18)19(28)20(31-22)21(30)23-9-12-6-13(10-23)8-14(7-12)11-23/h12-14H,1-11,28H2. The summed E-state index contributed by atoms with van der Waals surface area (Å²) >= 11 is 1.11. The third kappa shape index (κ3) is 2.98. The zero-order valence-electron chi connectivity index (χ0n) is 17.5. The van der Waals surface area contributed by atoms with Gasteiger partial charge >= 0.3 is 6.18 Å². The van der Waals surface area contributed by atoms with Crippen LogP contribution in [0.2, 0.25) is 0 Å².